The maximum atomic E-state index is 12.7. The smallest absolute Gasteiger partial charge is 0.378 e. The summed E-state index contributed by atoms with van der Waals surface area (Å²) in [6.45, 7) is 6.19. The standard InChI is InChI=1S/C15H21F3N2O/c1-2-19-9-14-11-21-7-6-20(14)10-12-4-3-5-13(8-12)15(16,17)18/h3-5,8,14,19H,2,6-7,9-11H2,1H3. The maximum Gasteiger partial charge on any atom is 0.416 e. The van der Waals surface area contributed by atoms with E-state index in [4.69, 9.17) is 4.74 Å². The van der Waals surface area contributed by atoms with Gasteiger partial charge in [-0.05, 0) is 18.2 Å². The molecule has 118 valence electrons. The predicted octanol–water partition coefficient (Wildman–Crippen LogP) is 2.52. The van der Waals surface area contributed by atoms with Crippen molar-refractivity contribution in [2.75, 3.05) is 32.8 Å². The van der Waals surface area contributed by atoms with E-state index in [0.717, 1.165) is 25.7 Å². The maximum absolute atomic E-state index is 12.7. The largest absolute Gasteiger partial charge is 0.416 e. The molecule has 1 aromatic rings. The number of rotatable bonds is 5. The zero-order chi connectivity index (χ0) is 15.3. The van der Waals surface area contributed by atoms with Crippen LogP contribution in [0.4, 0.5) is 13.2 Å². The third-order valence-corrected chi connectivity index (χ3v) is 3.62. The summed E-state index contributed by atoms with van der Waals surface area (Å²) in [6, 6.07) is 5.76. The van der Waals surface area contributed by atoms with Crippen molar-refractivity contribution in [2.45, 2.75) is 25.7 Å². The van der Waals surface area contributed by atoms with Crippen molar-refractivity contribution in [3.8, 4) is 0 Å². The summed E-state index contributed by atoms with van der Waals surface area (Å²) in [4.78, 5) is 2.18. The Bertz CT molecular complexity index is 451. The lowest BCUT2D eigenvalue weighted by Crippen LogP contribution is -2.49. The average molecular weight is 302 g/mol. The first kappa shape index (κ1) is 16.3. The first-order valence-corrected chi connectivity index (χ1v) is 7.19. The Morgan fingerprint density at radius 2 is 2.19 bits per heavy atom. The molecule has 1 heterocycles. The molecule has 0 bridgehead atoms. The van der Waals surface area contributed by atoms with E-state index in [1.807, 2.05) is 6.92 Å². The number of morpholine rings is 1. The third-order valence-electron chi connectivity index (χ3n) is 3.62. The molecule has 2 rings (SSSR count). The zero-order valence-corrected chi connectivity index (χ0v) is 12.1. The van der Waals surface area contributed by atoms with Gasteiger partial charge in [0.15, 0.2) is 0 Å². The summed E-state index contributed by atoms with van der Waals surface area (Å²) in [5.74, 6) is 0. The van der Waals surface area contributed by atoms with Crippen LogP contribution in [0.15, 0.2) is 24.3 Å². The first-order chi connectivity index (χ1) is 10.0. The molecule has 0 saturated carbocycles. The molecular weight excluding hydrogens is 281 g/mol. The zero-order valence-electron chi connectivity index (χ0n) is 12.1. The lowest BCUT2D eigenvalue weighted by molar-refractivity contribution is -0.137. The molecule has 0 aromatic heterocycles. The van der Waals surface area contributed by atoms with Crippen LogP contribution in [0, 0.1) is 0 Å². The number of ether oxygens (including phenoxy) is 1. The van der Waals surface area contributed by atoms with Crippen LogP contribution in [0.3, 0.4) is 0 Å². The second-order valence-electron chi connectivity index (χ2n) is 5.21. The van der Waals surface area contributed by atoms with Crippen LogP contribution in [-0.2, 0) is 17.5 Å². The Hall–Kier alpha value is -1.11. The van der Waals surface area contributed by atoms with E-state index >= 15 is 0 Å². The van der Waals surface area contributed by atoms with Crippen LogP contribution in [0.5, 0.6) is 0 Å². The summed E-state index contributed by atoms with van der Waals surface area (Å²) in [5, 5.41) is 3.27. The van der Waals surface area contributed by atoms with Crippen LogP contribution in [-0.4, -0.2) is 43.8 Å². The van der Waals surface area contributed by atoms with Crippen molar-refractivity contribution in [2.24, 2.45) is 0 Å². The van der Waals surface area contributed by atoms with Gasteiger partial charge >= 0.3 is 6.18 Å². The minimum Gasteiger partial charge on any atom is -0.378 e. The van der Waals surface area contributed by atoms with Crippen LogP contribution in [0.1, 0.15) is 18.1 Å². The first-order valence-electron chi connectivity index (χ1n) is 7.19. The molecule has 1 aliphatic heterocycles. The molecule has 1 aromatic carbocycles. The van der Waals surface area contributed by atoms with Gasteiger partial charge in [0.1, 0.15) is 0 Å². The minimum absolute atomic E-state index is 0.202. The fourth-order valence-corrected chi connectivity index (χ4v) is 2.48. The van der Waals surface area contributed by atoms with Gasteiger partial charge in [0.2, 0.25) is 0 Å². The minimum atomic E-state index is -4.29. The molecule has 0 aliphatic carbocycles. The van der Waals surface area contributed by atoms with Gasteiger partial charge in [-0.15, -0.1) is 0 Å². The van der Waals surface area contributed by atoms with Gasteiger partial charge in [-0.25, -0.2) is 0 Å². The molecule has 0 amide bonds. The van der Waals surface area contributed by atoms with Gasteiger partial charge in [0.05, 0.1) is 18.8 Å². The fourth-order valence-electron chi connectivity index (χ4n) is 2.48. The number of likely N-dealkylation sites (N-methyl/N-ethyl adjacent to an activating group) is 1. The topological polar surface area (TPSA) is 24.5 Å². The second kappa shape index (κ2) is 7.24. The lowest BCUT2D eigenvalue weighted by atomic mass is 10.1. The van der Waals surface area contributed by atoms with Crippen LogP contribution >= 0.6 is 0 Å². The molecule has 1 N–H and O–H groups in total. The highest BCUT2D eigenvalue weighted by Crippen LogP contribution is 2.29. The van der Waals surface area contributed by atoms with E-state index in [0.29, 0.717) is 25.3 Å². The van der Waals surface area contributed by atoms with Gasteiger partial charge in [0.25, 0.3) is 0 Å². The van der Waals surface area contributed by atoms with Gasteiger partial charge in [0, 0.05) is 25.7 Å². The number of hydrogen-bond acceptors (Lipinski definition) is 3. The number of nitrogens with zero attached hydrogens (tertiary/aromatic N) is 1. The van der Waals surface area contributed by atoms with Crippen LogP contribution < -0.4 is 5.32 Å². The molecule has 1 aliphatic rings. The van der Waals surface area contributed by atoms with Gasteiger partial charge in [-0.1, -0.05) is 25.1 Å². The van der Waals surface area contributed by atoms with Gasteiger partial charge < -0.3 is 10.1 Å². The number of nitrogens with one attached hydrogen (secondary N) is 1. The van der Waals surface area contributed by atoms with Gasteiger partial charge in [-0.2, -0.15) is 13.2 Å². The van der Waals surface area contributed by atoms with E-state index in [2.05, 4.69) is 10.2 Å². The Labute approximate surface area is 123 Å². The molecule has 0 spiro atoms. The molecule has 1 unspecified atom stereocenters. The molecule has 6 heteroatoms. The number of alkyl halides is 3. The molecule has 1 atom stereocenters. The lowest BCUT2D eigenvalue weighted by Gasteiger charge is -2.35. The Morgan fingerprint density at radius 3 is 2.90 bits per heavy atom. The van der Waals surface area contributed by atoms with E-state index < -0.39 is 11.7 Å². The Morgan fingerprint density at radius 1 is 1.38 bits per heavy atom. The summed E-state index contributed by atoms with van der Waals surface area (Å²) in [7, 11) is 0. The van der Waals surface area contributed by atoms with Crippen molar-refractivity contribution in [3.05, 3.63) is 35.4 Å². The summed E-state index contributed by atoms with van der Waals surface area (Å²) in [5.41, 5.74) is 0.102. The SMILES string of the molecule is CCNCC1COCCN1Cc1cccc(C(F)(F)F)c1. The molecule has 1 saturated heterocycles. The van der Waals surface area contributed by atoms with E-state index in [1.165, 1.54) is 12.1 Å². The molecule has 21 heavy (non-hydrogen) atoms. The van der Waals surface area contributed by atoms with Crippen LogP contribution in [0.2, 0.25) is 0 Å². The Kier molecular flexibility index (Phi) is 5.61. The molecule has 1 fully saturated rings. The van der Waals surface area contributed by atoms with Crippen molar-refractivity contribution in [1.82, 2.24) is 10.2 Å². The summed E-state index contributed by atoms with van der Waals surface area (Å²) < 4.78 is 43.7. The predicted molar refractivity (Wildman–Crippen MR) is 75.0 cm³/mol. The van der Waals surface area contributed by atoms with Crippen LogP contribution in [0.25, 0.3) is 0 Å². The van der Waals surface area contributed by atoms with Crippen molar-refractivity contribution < 1.29 is 17.9 Å². The normalized spacial score (nSPS) is 20.7. The summed E-state index contributed by atoms with van der Waals surface area (Å²) >= 11 is 0. The Balaban J connectivity index is 2.05. The number of halogens is 3. The quantitative estimate of drug-likeness (QED) is 0.904. The molecular formula is C15H21F3N2O. The van der Waals surface area contributed by atoms with Crippen molar-refractivity contribution in [1.29, 1.82) is 0 Å². The number of hydrogen-bond donors (Lipinski definition) is 1. The second-order valence-corrected chi connectivity index (χ2v) is 5.21. The third kappa shape index (κ3) is 4.69. The highest BCUT2D eigenvalue weighted by Gasteiger charge is 2.30. The average Bonchev–Trinajstić information content (AvgIpc) is 2.46. The number of benzene rings is 1. The van der Waals surface area contributed by atoms with Crippen molar-refractivity contribution >= 4 is 0 Å². The summed E-state index contributed by atoms with van der Waals surface area (Å²) in [6.07, 6.45) is -4.29. The van der Waals surface area contributed by atoms with E-state index in [1.54, 1.807) is 6.07 Å². The highest BCUT2D eigenvalue weighted by molar-refractivity contribution is 5.25. The molecule has 0 radical (unpaired) electrons. The molecule has 3 nitrogen and oxygen atoms in total. The fraction of sp³-hybridized carbons (Fsp3) is 0.600. The highest BCUT2D eigenvalue weighted by atomic mass is 19.4. The monoisotopic (exact) mass is 302 g/mol. The van der Waals surface area contributed by atoms with Crippen molar-refractivity contribution in [3.63, 3.8) is 0 Å². The van der Waals surface area contributed by atoms with Gasteiger partial charge in [-0.3, -0.25) is 4.90 Å². The van der Waals surface area contributed by atoms with E-state index in [9.17, 15) is 13.2 Å². The van der Waals surface area contributed by atoms with E-state index in [-0.39, 0.29) is 6.04 Å².